The van der Waals surface area contributed by atoms with Crippen LogP contribution in [0.1, 0.15) is 59.3 Å². The van der Waals surface area contributed by atoms with E-state index in [2.05, 4.69) is 16.5 Å². The van der Waals surface area contributed by atoms with Crippen molar-refractivity contribution in [3.05, 3.63) is 53.6 Å². The van der Waals surface area contributed by atoms with Crippen molar-refractivity contribution in [2.24, 2.45) is 5.41 Å². The van der Waals surface area contributed by atoms with Gasteiger partial charge < -0.3 is 4.74 Å². The standard InChI is InChI=1S/C21H22N2O3/c1-6-26-20(25)16-13(3)23-19-12(2)21(4,5)10-15(24)18(19)17(16)14-8-7-9-22-11-14/h7-9,11H,2,6,10H2,1,3-5H3. The number of ketones is 1. The van der Waals surface area contributed by atoms with Crippen LogP contribution in [0.4, 0.5) is 0 Å². The molecule has 0 unspecified atom stereocenters. The van der Waals surface area contributed by atoms with Crippen LogP contribution in [0.15, 0.2) is 31.1 Å². The Labute approximate surface area is 153 Å². The van der Waals surface area contributed by atoms with Crippen molar-refractivity contribution < 1.29 is 14.3 Å². The molecule has 0 N–H and O–H groups in total. The predicted octanol–water partition coefficient (Wildman–Crippen LogP) is 4.25. The van der Waals surface area contributed by atoms with Crippen molar-refractivity contribution in [1.29, 1.82) is 0 Å². The molecule has 0 saturated carbocycles. The third-order valence-electron chi connectivity index (χ3n) is 4.79. The highest BCUT2D eigenvalue weighted by Gasteiger charge is 2.39. The number of esters is 1. The first kappa shape index (κ1) is 18.0. The first-order chi connectivity index (χ1) is 12.3. The Morgan fingerprint density at radius 3 is 2.69 bits per heavy atom. The molecule has 0 saturated heterocycles. The fourth-order valence-corrected chi connectivity index (χ4v) is 3.36. The van der Waals surface area contributed by atoms with Gasteiger partial charge in [0.25, 0.3) is 0 Å². The highest BCUT2D eigenvalue weighted by atomic mass is 16.5. The van der Waals surface area contributed by atoms with Gasteiger partial charge in [0.2, 0.25) is 0 Å². The third kappa shape index (κ3) is 2.83. The molecule has 5 nitrogen and oxygen atoms in total. The molecule has 2 aromatic rings. The largest absolute Gasteiger partial charge is 0.462 e. The number of pyridine rings is 2. The SMILES string of the molecule is C=C1c2nc(C)c(C(=O)OCC)c(-c3cccnc3)c2C(=O)CC1(C)C. The van der Waals surface area contributed by atoms with E-state index in [0.717, 1.165) is 5.57 Å². The average molecular weight is 350 g/mol. The summed E-state index contributed by atoms with van der Waals surface area (Å²) in [7, 11) is 0. The molecule has 0 bridgehead atoms. The molecule has 0 radical (unpaired) electrons. The molecule has 0 fully saturated rings. The molecular formula is C21H22N2O3. The monoisotopic (exact) mass is 350 g/mol. The molecular weight excluding hydrogens is 328 g/mol. The van der Waals surface area contributed by atoms with Crippen molar-refractivity contribution in [2.45, 2.75) is 34.1 Å². The van der Waals surface area contributed by atoms with E-state index < -0.39 is 5.97 Å². The smallest absolute Gasteiger partial charge is 0.340 e. The molecule has 3 rings (SSSR count). The highest BCUT2D eigenvalue weighted by molar-refractivity contribution is 6.13. The third-order valence-corrected chi connectivity index (χ3v) is 4.79. The lowest BCUT2D eigenvalue weighted by Gasteiger charge is -2.34. The van der Waals surface area contributed by atoms with Gasteiger partial charge in [-0.15, -0.1) is 0 Å². The number of nitrogens with zero attached hydrogens (tertiary/aromatic N) is 2. The summed E-state index contributed by atoms with van der Waals surface area (Å²) in [5.74, 6) is -0.531. The minimum atomic E-state index is -0.484. The van der Waals surface area contributed by atoms with Gasteiger partial charge in [-0.2, -0.15) is 0 Å². The zero-order chi connectivity index (χ0) is 19.1. The Morgan fingerprint density at radius 2 is 2.08 bits per heavy atom. The van der Waals surface area contributed by atoms with E-state index in [9.17, 15) is 9.59 Å². The molecule has 26 heavy (non-hydrogen) atoms. The molecule has 0 aliphatic heterocycles. The van der Waals surface area contributed by atoms with Crippen LogP contribution in [0.5, 0.6) is 0 Å². The Balaban J connectivity index is 2.40. The van der Waals surface area contributed by atoms with E-state index in [1.165, 1.54) is 0 Å². The molecule has 0 spiro atoms. The van der Waals surface area contributed by atoms with E-state index in [0.29, 0.717) is 40.1 Å². The number of hydrogen-bond acceptors (Lipinski definition) is 5. The number of aryl methyl sites for hydroxylation is 1. The summed E-state index contributed by atoms with van der Waals surface area (Å²) in [5.41, 5.74) is 3.51. The van der Waals surface area contributed by atoms with Gasteiger partial charge in [-0.3, -0.25) is 14.8 Å². The van der Waals surface area contributed by atoms with Crippen LogP contribution in [0, 0.1) is 12.3 Å². The van der Waals surface area contributed by atoms with Gasteiger partial charge in [-0.25, -0.2) is 4.79 Å². The zero-order valence-electron chi connectivity index (χ0n) is 15.5. The van der Waals surface area contributed by atoms with Crippen molar-refractivity contribution in [3.8, 4) is 11.1 Å². The van der Waals surface area contributed by atoms with Crippen LogP contribution in [-0.2, 0) is 4.74 Å². The molecule has 0 amide bonds. The number of ether oxygens (including phenoxy) is 1. The molecule has 5 heteroatoms. The number of carbonyl (C=O) groups excluding carboxylic acids is 2. The number of carbonyl (C=O) groups is 2. The Bertz CT molecular complexity index is 915. The normalized spacial score (nSPS) is 15.5. The summed E-state index contributed by atoms with van der Waals surface area (Å²) in [6.45, 7) is 11.9. The zero-order valence-corrected chi connectivity index (χ0v) is 15.5. The van der Waals surface area contributed by atoms with Crippen LogP contribution in [0.3, 0.4) is 0 Å². The van der Waals surface area contributed by atoms with E-state index >= 15 is 0 Å². The van der Waals surface area contributed by atoms with Crippen molar-refractivity contribution in [1.82, 2.24) is 9.97 Å². The number of rotatable bonds is 3. The number of hydrogen-bond donors (Lipinski definition) is 0. The van der Waals surface area contributed by atoms with Crippen molar-refractivity contribution in [2.75, 3.05) is 6.61 Å². The van der Waals surface area contributed by atoms with E-state index in [-0.39, 0.29) is 17.8 Å². The molecule has 0 atom stereocenters. The van der Waals surface area contributed by atoms with Crippen LogP contribution in [-0.4, -0.2) is 28.3 Å². The molecule has 0 aromatic carbocycles. The summed E-state index contributed by atoms with van der Waals surface area (Å²) >= 11 is 0. The number of fused-ring (bicyclic) bond motifs is 1. The Hall–Kier alpha value is -2.82. The van der Waals surface area contributed by atoms with Gasteiger partial charge >= 0.3 is 5.97 Å². The van der Waals surface area contributed by atoms with Crippen LogP contribution in [0.25, 0.3) is 16.7 Å². The average Bonchev–Trinajstić information content (AvgIpc) is 2.59. The maximum atomic E-state index is 13.0. The van der Waals surface area contributed by atoms with Gasteiger partial charge in [0.05, 0.1) is 29.1 Å². The number of Topliss-reactive ketones (excluding diaryl/α,β-unsaturated/α-hetero) is 1. The minimum Gasteiger partial charge on any atom is -0.462 e. The summed E-state index contributed by atoms with van der Waals surface area (Å²) in [6.07, 6.45) is 3.62. The van der Waals surface area contributed by atoms with Gasteiger partial charge in [0, 0.05) is 29.9 Å². The van der Waals surface area contributed by atoms with Crippen LogP contribution >= 0.6 is 0 Å². The summed E-state index contributed by atoms with van der Waals surface area (Å²) < 4.78 is 5.23. The van der Waals surface area contributed by atoms with Crippen molar-refractivity contribution >= 4 is 17.3 Å². The summed E-state index contributed by atoms with van der Waals surface area (Å²) in [5, 5.41) is 0. The van der Waals surface area contributed by atoms with Gasteiger partial charge in [-0.05, 0) is 30.9 Å². The fraction of sp³-hybridized carbons (Fsp3) is 0.333. The maximum Gasteiger partial charge on any atom is 0.340 e. The summed E-state index contributed by atoms with van der Waals surface area (Å²) in [4.78, 5) is 34.4. The fourth-order valence-electron chi connectivity index (χ4n) is 3.36. The maximum absolute atomic E-state index is 13.0. The lowest BCUT2D eigenvalue weighted by Crippen LogP contribution is -2.28. The lowest BCUT2D eigenvalue weighted by molar-refractivity contribution is 0.0526. The lowest BCUT2D eigenvalue weighted by atomic mass is 9.70. The molecule has 1 aliphatic carbocycles. The highest BCUT2D eigenvalue weighted by Crippen LogP contribution is 2.46. The second-order valence-corrected chi connectivity index (χ2v) is 7.10. The Morgan fingerprint density at radius 1 is 1.35 bits per heavy atom. The van der Waals surface area contributed by atoms with Crippen LogP contribution < -0.4 is 0 Å². The first-order valence-corrected chi connectivity index (χ1v) is 8.63. The van der Waals surface area contributed by atoms with Crippen LogP contribution in [0.2, 0.25) is 0 Å². The van der Waals surface area contributed by atoms with E-state index in [1.807, 2.05) is 19.9 Å². The quantitative estimate of drug-likeness (QED) is 0.774. The summed E-state index contributed by atoms with van der Waals surface area (Å²) in [6, 6.07) is 3.61. The predicted molar refractivity (Wildman–Crippen MR) is 99.9 cm³/mol. The van der Waals surface area contributed by atoms with Gasteiger partial charge in [0.15, 0.2) is 5.78 Å². The van der Waals surface area contributed by atoms with Crippen molar-refractivity contribution in [3.63, 3.8) is 0 Å². The topological polar surface area (TPSA) is 69.2 Å². The molecule has 2 heterocycles. The van der Waals surface area contributed by atoms with E-state index in [4.69, 9.17) is 4.74 Å². The number of allylic oxidation sites excluding steroid dienone is 1. The second kappa shape index (κ2) is 6.48. The molecule has 1 aliphatic rings. The molecule has 134 valence electrons. The second-order valence-electron chi connectivity index (χ2n) is 7.10. The Kier molecular flexibility index (Phi) is 4.48. The minimum absolute atomic E-state index is 0.0469. The van der Waals surface area contributed by atoms with E-state index in [1.54, 1.807) is 32.3 Å². The molecule has 2 aromatic heterocycles. The van der Waals surface area contributed by atoms with Gasteiger partial charge in [0.1, 0.15) is 0 Å². The first-order valence-electron chi connectivity index (χ1n) is 8.63. The van der Waals surface area contributed by atoms with Gasteiger partial charge in [-0.1, -0.05) is 26.5 Å². The number of aromatic nitrogens is 2.